The first-order chi connectivity index (χ1) is 12.5. The number of nitrogens with one attached hydrogen (secondary N) is 1. The summed E-state index contributed by atoms with van der Waals surface area (Å²) < 4.78 is 0. The number of nitrogens with two attached hydrogens (primary N) is 1. The third-order valence-corrected chi connectivity index (χ3v) is 4.80. The van der Waals surface area contributed by atoms with Crippen molar-refractivity contribution in [3.05, 3.63) is 65.2 Å². The second kappa shape index (κ2) is 10.1. The van der Waals surface area contributed by atoms with Crippen LogP contribution in [0.15, 0.2) is 48.5 Å². The number of anilines is 1. The van der Waals surface area contributed by atoms with E-state index in [0.29, 0.717) is 18.5 Å². The summed E-state index contributed by atoms with van der Waals surface area (Å²) in [6.45, 7) is 9.16. The van der Waals surface area contributed by atoms with Crippen LogP contribution >= 0.6 is 0 Å². The quantitative estimate of drug-likeness (QED) is 0.700. The second-order valence-electron chi connectivity index (χ2n) is 7.29. The first kappa shape index (κ1) is 20.2. The smallest absolute Gasteiger partial charge is 0.279 e. The fourth-order valence-electron chi connectivity index (χ4n) is 3.42. The molecule has 3 nitrogen and oxygen atoms in total. The van der Waals surface area contributed by atoms with Crippen LogP contribution in [0.4, 0.5) is 5.69 Å². The van der Waals surface area contributed by atoms with Crippen LogP contribution in [0, 0.1) is 5.92 Å². The summed E-state index contributed by atoms with van der Waals surface area (Å²) in [7, 11) is 0. The van der Waals surface area contributed by atoms with Gasteiger partial charge in [0.25, 0.3) is 5.91 Å². The summed E-state index contributed by atoms with van der Waals surface area (Å²) in [5, 5.41) is 5.34. The molecule has 0 heterocycles. The third-order valence-electron chi connectivity index (χ3n) is 4.80. The van der Waals surface area contributed by atoms with Gasteiger partial charge in [-0.05, 0) is 29.9 Å². The monoisotopic (exact) mass is 353 g/mol. The lowest BCUT2D eigenvalue weighted by Crippen LogP contribution is -2.87. The number of hydrogen-bond acceptors (Lipinski definition) is 1. The zero-order chi connectivity index (χ0) is 18.9. The first-order valence-corrected chi connectivity index (χ1v) is 9.84. The van der Waals surface area contributed by atoms with E-state index in [-0.39, 0.29) is 5.91 Å². The number of para-hydroxylation sites is 1. The normalized spacial score (nSPS) is 12.2. The largest absolute Gasteiger partial charge is 0.332 e. The van der Waals surface area contributed by atoms with Crippen molar-refractivity contribution in [3.63, 3.8) is 0 Å². The molecule has 0 fully saturated rings. The van der Waals surface area contributed by atoms with Crippen molar-refractivity contribution in [2.24, 2.45) is 5.92 Å². The SMILES string of the molecule is CCc1cccc(CC)c1NC(=O)C[NH2+][C@@H](CC(C)C)c1ccccc1. The highest BCUT2D eigenvalue weighted by Gasteiger charge is 2.19. The van der Waals surface area contributed by atoms with E-state index in [1.54, 1.807) is 0 Å². The molecule has 3 heteroatoms. The van der Waals surface area contributed by atoms with Gasteiger partial charge in [0, 0.05) is 17.7 Å². The Morgan fingerprint density at radius 3 is 2.12 bits per heavy atom. The first-order valence-electron chi connectivity index (χ1n) is 9.84. The molecule has 0 radical (unpaired) electrons. The summed E-state index contributed by atoms with van der Waals surface area (Å²) in [4.78, 5) is 12.6. The predicted octanol–water partition coefficient (Wildman–Crippen LogP) is 4.10. The minimum absolute atomic E-state index is 0.0743. The molecule has 2 aromatic rings. The van der Waals surface area contributed by atoms with Crippen molar-refractivity contribution in [1.82, 2.24) is 0 Å². The molecule has 0 unspecified atom stereocenters. The van der Waals surface area contributed by atoms with Crippen LogP contribution < -0.4 is 10.6 Å². The lowest BCUT2D eigenvalue weighted by molar-refractivity contribution is -0.687. The average Bonchev–Trinajstić information content (AvgIpc) is 2.65. The molecule has 2 rings (SSSR count). The molecule has 3 N–H and O–H groups in total. The standard InChI is InChI=1S/C23H32N2O/c1-5-18-13-10-14-19(6-2)23(18)25-22(26)16-24-21(15-17(3)4)20-11-8-7-9-12-20/h7-14,17,21,24H,5-6,15-16H2,1-4H3,(H,25,26)/p+1/t21-/m0/s1. The van der Waals surface area contributed by atoms with Crippen LogP contribution in [0.3, 0.4) is 0 Å². The van der Waals surface area contributed by atoms with Crippen LogP contribution in [0.2, 0.25) is 0 Å². The molecule has 1 amide bonds. The third kappa shape index (κ3) is 5.70. The molecule has 1 atom stereocenters. The summed E-state index contributed by atoms with van der Waals surface area (Å²) in [5.41, 5.74) is 4.72. The van der Waals surface area contributed by atoms with E-state index in [4.69, 9.17) is 0 Å². The zero-order valence-electron chi connectivity index (χ0n) is 16.6. The Bertz CT molecular complexity index is 672. The van der Waals surface area contributed by atoms with Gasteiger partial charge in [-0.3, -0.25) is 4.79 Å². The minimum Gasteiger partial charge on any atom is -0.332 e. The number of carbonyl (C=O) groups excluding carboxylic acids is 1. The lowest BCUT2D eigenvalue weighted by atomic mass is 9.97. The van der Waals surface area contributed by atoms with Crippen LogP contribution in [0.5, 0.6) is 0 Å². The van der Waals surface area contributed by atoms with E-state index < -0.39 is 0 Å². The number of carbonyl (C=O) groups is 1. The Balaban J connectivity index is 2.05. The molecule has 0 saturated carbocycles. The Labute approximate surface area is 158 Å². The molecule has 140 valence electrons. The molecular formula is C23H33N2O+. The molecule has 0 aromatic heterocycles. The van der Waals surface area contributed by atoms with Gasteiger partial charge in [-0.15, -0.1) is 0 Å². The van der Waals surface area contributed by atoms with E-state index in [0.717, 1.165) is 24.9 Å². The van der Waals surface area contributed by atoms with E-state index in [2.05, 4.69) is 80.8 Å². The van der Waals surface area contributed by atoms with Crippen LogP contribution in [0.1, 0.15) is 56.8 Å². The van der Waals surface area contributed by atoms with Gasteiger partial charge in [0.1, 0.15) is 6.04 Å². The number of aryl methyl sites for hydroxylation is 2. The molecule has 0 aliphatic heterocycles. The van der Waals surface area contributed by atoms with Gasteiger partial charge >= 0.3 is 0 Å². The molecule has 0 saturated heterocycles. The number of benzene rings is 2. The van der Waals surface area contributed by atoms with Crippen molar-refractivity contribution >= 4 is 11.6 Å². The van der Waals surface area contributed by atoms with Crippen LogP contribution in [-0.2, 0) is 17.6 Å². The van der Waals surface area contributed by atoms with E-state index in [1.807, 2.05) is 6.07 Å². The van der Waals surface area contributed by atoms with Crippen molar-refractivity contribution in [3.8, 4) is 0 Å². The van der Waals surface area contributed by atoms with Crippen LogP contribution in [-0.4, -0.2) is 12.5 Å². The van der Waals surface area contributed by atoms with Gasteiger partial charge in [-0.1, -0.05) is 76.2 Å². The van der Waals surface area contributed by atoms with E-state index >= 15 is 0 Å². The fraction of sp³-hybridized carbons (Fsp3) is 0.435. The maximum atomic E-state index is 12.6. The minimum atomic E-state index is 0.0743. The highest BCUT2D eigenvalue weighted by molar-refractivity contribution is 5.93. The topological polar surface area (TPSA) is 45.7 Å². The Hall–Kier alpha value is -2.13. The van der Waals surface area contributed by atoms with Crippen molar-refractivity contribution < 1.29 is 10.1 Å². The molecule has 0 aliphatic carbocycles. The van der Waals surface area contributed by atoms with E-state index in [9.17, 15) is 4.79 Å². The van der Waals surface area contributed by atoms with Gasteiger partial charge in [-0.2, -0.15) is 0 Å². The molecule has 0 spiro atoms. The van der Waals surface area contributed by atoms with Crippen molar-refractivity contribution in [2.45, 2.75) is 53.0 Å². The molecule has 26 heavy (non-hydrogen) atoms. The summed E-state index contributed by atoms with van der Waals surface area (Å²) in [6.07, 6.45) is 2.91. The summed E-state index contributed by atoms with van der Waals surface area (Å²) in [5.74, 6) is 0.664. The van der Waals surface area contributed by atoms with Gasteiger partial charge in [-0.25, -0.2) is 0 Å². The Morgan fingerprint density at radius 2 is 1.58 bits per heavy atom. The lowest BCUT2D eigenvalue weighted by Gasteiger charge is -2.19. The molecule has 2 aromatic carbocycles. The van der Waals surface area contributed by atoms with Crippen molar-refractivity contribution in [2.75, 3.05) is 11.9 Å². The maximum absolute atomic E-state index is 12.6. The Kier molecular flexibility index (Phi) is 7.86. The summed E-state index contributed by atoms with van der Waals surface area (Å²) in [6, 6.07) is 17.1. The molecule has 0 bridgehead atoms. The van der Waals surface area contributed by atoms with Gasteiger partial charge in [0.05, 0.1) is 0 Å². The van der Waals surface area contributed by atoms with Gasteiger partial charge < -0.3 is 10.6 Å². The summed E-state index contributed by atoms with van der Waals surface area (Å²) >= 11 is 0. The Morgan fingerprint density at radius 1 is 0.962 bits per heavy atom. The van der Waals surface area contributed by atoms with Gasteiger partial charge in [0.2, 0.25) is 0 Å². The van der Waals surface area contributed by atoms with Crippen molar-refractivity contribution in [1.29, 1.82) is 0 Å². The molecule has 0 aliphatic rings. The number of amides is 1. The van der Waals surface area contributed by atoms with E-state index in [1.165, 1.54) is 16.7 Å². The predicted molar refractivity (Wildman–Crippen MR) is 109 cm³/mol. The zero-order valence-corrected chi connectivity index (χ0v) is 16.6. The number of hydrogen-bond donors (Lipinski definition) is 2. The number of quaternary nitrogens is 1. The van der Waals surface area contributed by atoms with Gasteiger partial charge in [0.15, 0.2) is 6.54 Å². The maximum Gasteiger partial charge on any atom is 0.279 e. The van der Waals surface area contributed by atoms with Crippen LogP contribution in [0.25, 0.3) is 0 Å². The highest BCUT2D eigenvalue weighted by atomic mass is 16.1. The number of rotatable bonds is 9. The average molecular weight is 354 g/mol. The molecular weight excluding hydrogens is 320 g/mol. The highest BCUT2D eigenvalue weighted by Crippen LogP contribution is 2.22. The second-order valence-corrected chi connectivity index (χ2v) is 7.29. The fourth-order valence-corrected chi connectivity index (χ4v) is 3.42.